The first-order valence-corrected chi connectivity index (χ1v) is 6.56. The first-order chi connectivity index (χ1) is 9.13. The van der Waals surface area contributed by atoms with Crippen molar-refractivity contribution in [2.75, 3.05) is 0 Å². The van der Waals surface area contributed by atoms with Gasteiger partial charge in [-0.15, -0.1) is 0 Å². The predicted molar refractivity (Wildman–Crippen MR) is 74.0 cm³/mol. The second-order valence-corrected chi connectivity index (χ2v) is 4.70. The zero-order valence-electron chi connectivity index (χ0n) is 11.6. The molecule has 0 aliphatic carbocycles. The molecule has 2 aromatic rings. The highest BCUT2D eigenvalue weighted by molar-refractivity contribution is 5.34. The van der Waals surface area contributed by atoms with Crippen LogP contribution in [0.1, 0.15) is 42.0 Å². The molecule has 0 aliphatic rings. The Hall–Kier alpha value is -1.81. The number of nitrogens with one attached hydrogen (secondary N) is 1. The number of aromatic hydroxyl groups is 1. The van der Waals surface area contributed by atoms with Crippen molar-refractivity contribution in [3.8, 4) is 5.75 Å². The van der Waals surface area contributed by atoms with Crippen molar-refractivity contribution in [3.05, 3.63) is 46.8 Å². The van der Waals surface area contributed by atoms with E-state index in [-0.39, 0.29) is 6.04 Å². The lowest BCUT2D eigenvalue weighted by Crippen LogP contribution is -2.21. The number of hydrogen-bond donors (Lipinski definition) is 2. The summed E-state index contributed by atoms with van der Waals surface area (Å²) >= 11 is 0. The fourth-order valence-corrected chi connectivity index (χ4v) is 2.24. The molecule has 1 atom stereocenters. The van der Waals surface area contributed by atoms with Gasteiger partial charge in [-0.25, -0.2) is 0 Å². The van der Waals surface area contributed by atoms with E-state index in [4.69, 9.17) is 4.52 Å². The number of phenolic OH excluding ortho intramolecular Hbond substituents is 1. The molecule has 0 saturated carbocycles. The van der Waals surface area contributed by atoms with Crippen LogP contribution in [0.3, 0.4) is 0 Å². The molecule has 0 spiro atoms. The van der Waals surface area contributed by atoms with Crippen LogP contribution in [0.4, 0.5) is 0 Å². The van der Waals surface area contributed by atoms with Crippen LogP contribution in [0.25, 0.3) is 0 Å². The molecule has 102 valence electrons. The van der Waals surface area contributed by atoms with Crippen LogP contribution in [0, 0.1) is 13.8 Å². The van der Waals surface area contributed by atoms with E-state index in [1.54, 1.807) is 6.07 Å². The summed E-state index contributed by atoms with van der Waals surface area (Å²) in [5.74, 6) is 1.18. The van der Waals surface area contributed by atoms with Crippen molar-refractivity contribution in [1.82, 2.24) is 10.5 Å². The summed E-state index contributed by atoms with van der Waals surface area (Å²) in [5, 5.41) is 17.3. The van der Waals surface area contributed by atoms with E-state index >= 15 is 0 Å². The monoisotopic (exact) mass is 260 g/mol. The minimum Gasteiger partial charge on any atom is -0.508 e. The normalized spacial score (nSPS) is 12.6. The summed E-state index contributed by atoms with van der Waals surface area (Å²) in [6.45, 7) is 6.64. The van der Waals surface area contributed by atoms with Crippen LogP contribution in [0.5, 0.6) is 5.75 Å². The van der Waals surface area contributed by atoms with E-state index in [0.717, 1.165) is 29.0 Å². The molecule has 2 N–H and O–H groups in total. The molecule has 1 unspecified atom stereocenters. The van der Waals surface area contributed by atoms with E-state index in [9.17, 15) is 5.11 Å². The summed E-state index contributed by atoms with van der Waals surface area (Å²) in [6.07, 6.45) is 0.904. The Kier molecular flexibility index (Phi) is 4.22. The van der Waals surface area contributed by atoms with Gasteiger partial charge < -0.3 is 14.9 Å². The molecule has 0 saturated heterocycles. The van der Waals surface area contributed by atoms with Gasteiger partial charge in [0.1, 0.15) is 11.5 Å². The molecule has 0 amide bonds. The van der Waals surface area contributed by atoms with Crippen LogP contribution in [0.15, 0.2) is 28.8 Å². The van der Waals surface area contributed by atoms with Crippen molar-refractivity contribution in [3.63, 3.8) is 0 Å². The molecule has 2 rings (SSSR count). The minimum atomic E-state index is 0.120. The van der Waals surface area contributed by atoms with Crippen LogP contribution >= 0.6 is 0 Å². The van der Waals surface area contributed by atoms with E-state index < -0.39 is 0 Å². The summed E-state index contributed by atoms with van der Waals surface area (Å²) in [4.78, 5) is 0. The van der Waals surface area contributed by atoms with Gasteiger partial charge in [0.05, 0.1) is 5.69 Å². The standard InChI is InChI=1S/C15H20N2O2/c1-4-14(12-7-5-6-8-15(12)18)16-9-13-10(2)17-19-11(13)3/h5-8,14,16,18H,4,9H2,1-3H3. The molecule has 0 radical (unpaired) electrons. The Labute approximate surface area is 113 Å². The molecule has 4 heteroatoms. The van der Waals surface area contributed by atoms with Crippen molar-refractivity contribution in [2.24, 2.45) is 0 Å². The highest BCUT2D eigenvalue weighted by Gasteiger charge is 2.15. The lowest BCUT2D eigenvalue weighted by molar-refractivity contribution is 0.391. The van der Waals surface area contributed by atoms with Crippen molar-refractivity contribution in [2.45, 2.75) is 39.8 Å². The molecule has 1 aromatic carbocycles. The maximum atomic E-state index is 9.91. The topological polar surface area (TPSA) is 58.3 Å². The lowest BCUT2D eigenvalue weighted by Gasteiger charge is -2.18. The van der Waals surface area contributed by atoms with Gasteiger partial charge in [0, 0.05) is 23.7 Å². The Bertz CT molecular complexity index is 529. The molecule has 0 bridgehead atoms. The van der Waals surface area contributed by atoms with Crippen LogP contribution < -0.4 is 5.32 Å². The molecule has 0 aliphatic heterocycles. The number of nitrogens with zero attached hydrogens (tertiary/aromatic N) is 1. The maximum absolute atomic E-state index is 9.91. The summed E-state index contributed by atoms with van der Waals surface area (Å²) in [5.41, 5.74) is 2.93. The number of aryl methyl sites for hydroxylation is 2. The van der Waals surface area contributed by atoms with Crippen molar-refractivity contribution >= 4 is 0 Å². The van der Waals surface area contributed by atoms with Gasteiger partial charge in [-0.2, -0.15) is 0 Å². The molecule has 1 aromatic heterocycles. The number of benzene rings is 1. The number of para-hydroxylation sites is 1. The number of phenols is 1. The summed E-state index contributed by atoms with van der Waals surface area (Å²) < 4.78 is 5.15. The largest absolute Gasteiger partial charge is 0.508 e. The van der Waals surface area contributed by atoms with Gasteiger partial charge in [-0.05, 0) is 26.3 Å². The van der Waals surface area contributed by atoms with Gasteiger partial charge in [0.15, 0.2) is 0 Å². The van der Waals surface area contributed by atoms with Gasteiger partial charge in [0.2, 0.25) is 0 Å². The van der Waals surface area contributed by atoms with Gasteiger partial charge in [-0.1, -0.05) is 30.3 Å². The van der Waals surface area contributed by atoms with E-state index in [1.165, 1.54) is 0 Å². The molecule has 1 heterocycles. The lowest BCUT2D eigenvalue weighted by atomic mass is 10.0. The third kappa shape index (κ3) is 2.96. The summed E-state index contributed by atoms with van der Waals surface area (Å²) in [7, 11) is 0. The van der Waals surface area contributed by atoms with Gasteiger partial charge in [-0.3, -0.25) is 0 Å². The number of aromatic nitrogens is 1. The first kappa shape index (κ1) is 13.6. The van der Waals surface area contributed by atoms with Crippen LogP contribution in [-0.2, 0) is 6.54 Å². The quantitative estimate of drug-likeness (QED) is 0.866. The maximum Gasteiger partial charge on any atom is 0.138 e. The second kappa shape index (κ2) is 5.89. The zero-order valence-corrected chi connectivity index (χ0v) is 11.6. The fourth-order valence-electron chi connectivity index (χ4n) is 2.24. The summed E-state index contributed by atoms with van der Waals surface area (Å²) in [6, 6.07) is 7.56. The predicted octanol–water partition coefficient (Wildman–Crippen LogP) is 3.24. The Morgan fingerprint density at radius 3 is 2.63 bits per heavy atom. The molecule has 0 fully saturated rings. The number of rotatable bonds is 5. The Balaban J connectivity index is 2.11. The van der Waals surface area contributed by atoms with E-state index in [1.807, 2.05) is 32.0 Å². The van der Waals surface area contributed by atoms with Gasteiger partial charge >= 0.3 is 0 Å². The highest BCUT2D eigenvalue weighted by Crippen LogP contribution is 2.26. The number of hydrogen-bond acceptors (Lipinski definition) is 4. The smallest absolute Gasteiger partial charge is 0.138 e. The van der Waals surface area contributed by atoms with E-state index in [0.29, 0.717) is 12.3 Å². The molecular weight excluding hydrogens is 240 g/mol. The molecule has 19 heavy (non-hydrogen) atoms. The Morgan fingerprint density at radius 2 is 2.05 bits per heavy atom. The minimum absolute atomic E-state index is 0.120. The highest BCUT2D eigenvalue weighted by atomic mass is 16.5. The fraction of sp³-hybridized carbons (Fsp3) is 0.400. The molecular formula is C15H20N2O2. The molecule has 4 nitrogen and oxygen atoms in total. The van der Waals surface area contributed by atoms with Gasteiger partial charge in [0.25, 0.3) is 0 Å². The average Bonchev–Trinajstić information content (AvgIpc) is 2.72. The SMILES string of the molecule is CCC(NCc1c(C)noc1C)c1ccccc1O. The zero-order chi connectivity index (χ0) is 13.8. The first-order valence-electron chi connectivity index (χ1n) is 6.56. The third-order valence-electron chi connectivity index (χ3n) is 3.43. The second-order valence-electron chi connectivity index (χ2n) is 4.70. The average molecular weight is 260 g/mol. The van der Waals surface area contributed by atoms with Crippen LogP contribution in [0.2, 0.25) is 0 Å². The Morgan fingerprint density at radius 1 is 1.32 bits per heavy atom. The van der Waals surface area contributed by atoms with Crippen molar-refractivity contribution in [1.29, 1.82) is 0 Å². The van der Waals surface area contributed by atoms with Crippen molar-refractivity contribution < 1.29 is 9.63 Å². The van der Waals surface area contributed by atoms with E-state index in [2.05, 4.69) is 17.4 Å². The third-order valence-corrected chi connectivity index (χ3v) is 3.43. The van der Waals surface area contributed by atoms with Crippen LogP contribution in [-0.4, -0.2) is 10.3 Å².